The first-order chi connectivity index (χ1) is 16.9. The smallest absolute Gasteiger partial charge is 0.313 e. The summed E-state index contributed by atoms with van der Waals surface area (Å²) in [7, 11) is 0. The number of fused-ring (bicyclic) bond motifs is 1. The summed E-state index contributed by atoms with van der Waals surface area (Å²) in [6, 6.07) is 0.589. The van der Waals surface area contributed by atoms with Crippen molar-refractivity contribution in [2.45, 2.75) is 52.1 Å². The fourth-order valence-electron chi connectivity index (χ4n) is 5.68. The zero-order valence-electron chi connectivity index (χ0n) is 20.9. The van der Waals surface area contributed by atoms with Crippen LogP contribution in [0.5, 0.6) is 0 Å². The van der Waals surface area contributed by atoms with Crippen molar-refractivity contribution in [1.82, 2.24) is 19.4 Å². The monoisotopic (exact) mass is 496 g/mol. The average molecular weight is 497 g/mol. The van der Waals surface area contributed by atoms with E-state index >= 15 is 0 Å². The lowest BCUT2D eigenvalue weighted by molar-refractivity contribution is -0.170. The van der Waals surface area contributed by atoms with Crippen molar-refractivity contribution in [3.63, 3.8) is 0 Å². The SMILES string of the molecule is CCOC(=O)[C@@]12CC[C@H](N3CCOCC3)C[C@H]1CCN(CCn1ccnc1C)C2.O=CO.O=CO. The summed E-state index contributed by atoms with van der Waals surface area (Å²) < 4.78 is 13.4. The van der Waals surface area contributed by atoms with E-state index in [2.05, 4.69) is 19.4 Å². The highest BCUT2D eigenvalue weighted by atomic mass is 16.5. The Hall–Kier alpha value is -2.50. The zero-order valence-corrected chi connectivity index (χ0v) is 20.9. The largest absolute Gasteiger partial charge is 0.483 e. The molecule has 1 saturated carbocycles. The van der Waals surface area contributed by atoms with Gasteiger partial charge in [0.1, 0.15) is 5.82 Å². The lowest BCUT2D eigenvalue weighted by atomic mass is 9.61. The van der Waals surface area contributed by atoms with Crippen LogP contribution in [0.2, 0.25) is 0 Å². The molecule has 2 aliphatic heterocycles. The number of hydrogen-bond donors (Lipinski definition) is 2. The third-order valence-electron chi connectivity index (χ3n) is 7.39. The molecule has 0 radical (unpaired) electrons. The maximum atomic E-state index is 13.2. The molecule has 3 heterocycles. The second-order valence-corrected chi connectivity index (χ2v) is 9.09. The molecule has 11 heteroatoms. The molecule has 0 bridgehead atoms. The number of carbonyl (C=O) groups excluding carboxylic acids is 1. The van der Waals surface area contributed by atoms with Gasteiger partial charge in [-0.15, -0.1) is 0 Å². The van der Waals surface area contributed by atoms with Gasteiger partial charge in [0.15, 0.2) is 0 Å². The van der Waals surface area contributed by atoms with Crippen LogP contribution >= 0.6 is 0 Å². The summed E-state index contributed by atoms with van der Waals surface area (Å²) >= 11 is 0. The molecule has 1 aliphatic carbocycles. The van der Waals surface area contributed by atoms with Gasteiger partial charge in [0.25, 0.3) is 12.9 Å². The molecule has 2 N–H and O–H groups in total. The van der Waals surface area contributed by atoms with E-state index in [1.54, 1.807) is 0 Å². The number of carbonyl (C=O) groups is 3. The maximum absolute atomic E-state index is 13.2. The van der Waals surface area contributed by atoms with Crippen LogP contribution in [0.4, 0.5) is 0 Å². The minimum absolute atomic E-state index is 0.0361. The van der Waals surface area contributed by atoms with Crippen molar-refractivity contribution in [3.8, 4) is 0 Å². The number of piperidine rings is 1. The summed E-state index contributed by atoms with van der Waals surface area (Å²) in [5, 5.41) is 13.8. The third kappa shape index (κ3) is 7.74. The highest BCUT2D eigenvalue weighted by Gasteiger charge is 2.53. The van der Waals surface area contributed by atoms with Crippen LogP contribution in [0.3, 0.4) is 0 Å². The number of hydrogen-bond acceptors (Lipinski definition) is 8. The van der Waals surface area contributed by atoms with Gasteiger partial charge in [-0.2, -0.15) is 0 Å². The second-order valence-electron chi connectivity index (χ2n) is 9.09. The van der Waals surface area contributed by atoms with E-state index in [4.69, 9.17) is 29.3 Å². The first kappa shape index (κ1) is 28.7. The Morgan fingerprint density at radius 1 is 1.20 bits per heavy atom. The zero-order chi connectivity index (χ0) is 25.7. The molecule has 0 aromatic carbocycles. The molecule has 0 unspecified atom stereocenters. The normalized spacial score (nSPS) is 26.7. The van der Waals surface area contributed by atoms with Gasteiger partial charge >= 0.3 is 5.97 Å². The van der Waals surface area contributed by atoms with Gasteiger partial charge in [-0.3, -0.25) is 19.3 Å². The lowest BCUT2D eigenvalue weighted by Crippen LogP contribution is -2.59. The molecule has 198 valence electrons. The molecular formula is C24H40N4O7. The van der Waals surface area contributed by atoms with Crippen LogP contribution in [0.1, 0.15) is 38.4 Å². The van der Waals surface area contributed by atoms with Crippen LogP contribution in [-0.2, 0) is 30.4 Å². The fraction of sp³-hybridized carbons (Fsp3) is 0.750. The molecule has 1 aromatic heterocycles. The van der Waals surface area contributed by atoms with Gasteiger partial charge in [0, 0.05) is 51.2 Å². The summed E-state index contributed by atoms with van der Waals surface area (Å²) in [5.74, 6) is 1.51. The van der Waals surface area contributed by atoms with Crippen molar-refractivity contribution >= 4 is 18.9 Å². The summed E-state index contributed by atoms with van der Waals surface area (Å²) in [5.41, 5.74) is -0.332. The summed E-state index contributed by atoms with van der Waals surface area (Å²) in [6.07, 6.45) is 8.13. The minimum Gasteiger partial charge on any atom is -0.483 e. The topological polar surface area (TPSA) is 134 Å². The summed E-state index contributed by atoms with van der Waals surface area (Å²) in [6.45, 7) is 11.4. The average Bonchev–Trinajstić information content (AvgIpc) is 3.28. The highest BCUT2D eigenvalue weighted by Crippen LogP contribution is 2.48. The Bertz CT molecular complexity index is 778. The van der Waals surface area contributed by atoms with E-state index in [0.29, 0.717) is 18.6 Å². The molecule has 0 spiro atoms. The number of likely N-dealkylation sites (tertiary alicyclic amines) is 1. The third-order valence-corrected chi connectivity index (χ3v) is 7.39. The van der Waals surface area contributed by atoms with E-state index in [-0.39, 0.29) is 24.3 Å². The van der Waals surface area contributed by atoms with Gasteiger partial charge in [-0.25, -0.2) is 4.98 Å². The van der Waals surface area contributed by atoms with E-state index < -0.39 is 0 Å². The van der Waals surface area contributed by atoms with Crippen LogP contribution in [-0.4, -0.2) is 107 Å². The van der Waals surface area contributed by atoms with Gasteiger partial charge in [0.2, 0.25) is 0 Å². The van der Waals surface area contributed by atoms with E-state index in [1.165, 1.54) is 0 Å². The second kappa shape index (κ2) is 14.8. The van der Waals surface area contributed by atoms with Gasteiger partial charge in [-0.05, 0) is 52.0 Å². The van der Waals surface area contributed by atoms with Crippen LogP contribution in [0, 0.1) is 18.3 Å². The highest BCUT2D eigenvalue weighted by molar-refractivity contribution is 5.78. The minimum atomic E-state index is -0.332. The van der Waals surface area contributed by atoms with E-state index in [9.17, 15) is 4.79 Å². The standard InChI is InChI=1S/C22H36N4O3.2CH2O2/c1-3-29-21(27)22-6-4-20(26-12-14-28-15-13-26)16-19(22)5-8-24(17-22)10-11-25-9-7-23-18(25)2;2*2-1-3/h7,9,19-20H,3-6,8,10-17H2,1-2H3;2*1H,(H,2,3)/t19-,20+,22-;;/m1../s1. The first-order valence-corrected chi connectivity index (χ1v) is 12.3. The molecule has 3 atom stereocenters. The molecule has 35 heavy (non-hydrogen) atoms. The van der Waals surface area contributed by atoms with Gasteiger partial charge < -0.3 is 29.2 Å². The molecule has 11 nitrogen and oxygen atoms in total. The summed E-state index contributed by atoms with van der Waals surface area (Å²) in [4.78, 5) is 39.3. The van der Waals surface area contributed by atoms with Gasteiger partial charge in [-0.1, -0.05) is 0 Å². The Morgan fingerprint density at radius 2 is 1.89 bits per heavy atom. The molecule has 4 rings (SSSR count). The van der Waals surface area contributed by atoms with Crippen molar-refractivity contribution in [1.29, 1.82) is 0 Å². The lowest BCUT2D eigenvalue weighted by Gasteiger charge is -2.52. The number of aromatic nitrogens is 2. The maximum Gasteiger partial charge on any atom is 0.313 e. The van der Waals surface area contributed by atoms with Crippen molar-refractivity contribution in [2.24, 2.45) is 11.3 Å². The Morgan fingerprint density at radius 3 is 2.49 bits per heavy atom. The molecule has 0 amide bonds. The molecule has 1 aromatic rings. The number of nitrogens with zero attached hydrogens (tertiary/aromatic N) is 4. The number of imidazole rings is 1. The predicted octanol–water partition coefficient (Wildman–Crippen LogP) is 1.35. The first-order valence-electron chi connectivity index (χ1n) is 12.3. The number of carboxylic acid groups (broad SMARTS) is 2. The van der Waals surface area contributed by atoms with Crippen LogP contribution in [0.25, 0.3) is 0 Å². The van der Waals surface area contributed by atoms with Crippen molar-refractivity contribution in [2.75, 3.05) is 52.5 Å². The van der Waals surface area contributed by atoms with Gasteiger partial charge in [0.05, 0.1) is 25.2 Å². The number of ether oxygens (including phenoxy) is 2. The predicted molar refractivity (Wildman–Crippen MR) is 128 cm³/mol. The molecule has 2 saturated heterocycles. The molecule has 3 aliphatic rings. The molecule has 3 fully saturated rings. The van der Waals surface area contributed by atoms with Crippen LogP contribution < -0.4 is 0 Å². The van der Waals surface area contributed by atoms with E-state index in [1.807, 2.05) is 26.2 Å². The molecular weight excluding hydrogens is 456 g/mol. The number of aryl methyl sites for hydroxylation is 1. The van der Waals surface area contributed by atoms with E-state index in [0.717, 1.165) is 84.0 Å². The number of rotatable bonds is 6. The van der Waals surface area contributed by atoms with Crippen LogP contribution in [0.15, 0.2) is 12.4 Å². The number of morpholine rings is 1. The Balaban J connectivity index is 0.000000655. The fourth-order valence-corrected chi connectivity index (χ4v) is 5.68. The quantitative estimate of drug-likeness (QED) is 0.439. The Labute approximate surface area is 207 Å². The Kier molecular flexibility index (Phi) is 12.1. The number of esters is 1. The van der Waals surface area contributed by atoms with Crippen molar-refractivity contribution < 1.29 is 34.1 Å². The van der Waals surface area contributed by atoms with Crippen molar-refractivity contribution in [3.05, 3.63) is 18.2 Å².